The minimum atomic E-state index is -0.185. The molecule has 0 N–H and O–H groups in total. The van der Waals surface area contributed by atoms with Gasteiger partial charge in [-0.2, -0.15) is 0 Å². The third-order valence-electron chi connectivity index (χ3n) is 4.69. The van der Waals surface area contributed by atoms with Crippen molar-refractivity contribution in [3.05, 3.63) is 36.0 Å². The summed E-state index contributed by atoms with van der Waals surface area (Å²) >= 11 is 0. The van der Waals surface area contributed by atoms with E-state index in [-0.39, 0.29) is 5.60 Å². The highest BCUT2D eigenvalue weighted by atomic mass is 16.5. The van der Waals surface area contributed by atoms with Crippen molar-refractivity contribution in [2.45, 2.75) is 59.1 Å². The molecule has 0 aliphatic carbocycles. The van der Waals surface area contributed by atoms with Gasteiger partial charge in [0, 0.05) is 29.7 Å². The number of rotatable bonds is 4. The van der Waals surface area contributed by atoms with Gasteiger partial charge >= 0.3 is 0 Å². The lowest BCUT2D eigenvalue weighted by molar-refractivity contribution is 0.131. The molecule has 0 radical (unpaired) electrons. The molecule has 0 amide bonds. The van der Waals surface area contributed by atoms with Gasteiger partial charge in [-0.15, -0.1) is 0 Å². The fraction of sp³-hybridized carbons (Fsp3) is 0.571. The van der Waals surface area contributed by atoms with E-state index in [4.69, 9.17) is 9.72 Å². The van der Waals surface area contributed by atoms with Crippen LogP contribution in [0, 0.1) is 5.92 Å². The third kappa shape index (κ3) is 4.27. The van der Waals surface area contributed by atoms with Crippen LogP contribution in [0.5, 0.6) is 5.75 Å². The van der Waals surface area contributed by atoms with Crippen LogP contribution < -0.4 is 4.74 Å². The van der Waals surface area contributed by atoms with Crippen molar-refractivity contribution in [1.29, 1.82) is 0 Å². The van der Waals surface area contributed by atoms with E-state index in [0.717, 1.165) is 23.6 Å². The highest BCUT2D eigenvalue weighted by Gasteiger charge is 2.24. The summed E-state index contributed by atoms with van der Waals surface area (Å²) in [6, 6.07) is 11.2. The zero-order valence-corrected chi connectivity index (χ0v) is 15.7. The van der Waals surface area contributed by atoms with E-state index >= 15 is 0 Å². The second kappa shape index (κ2) is 6.72. The second-order valence-electron chi connectivity index (χ2n) is 8.32. The van der Waals surface area contributed by atoms with Crippen molar-refractivity contribution in [1.82, 2.24) is 9.88 Å². The van der Waals surface area contributed by atoms with Crippen molar-refractivity contribution < 1.29 is 4.74 Å². The molecule has 0 bridgehead atoms. The fourth-order valence-electron chi connectivity index (χ4n) is 3.46. The van der Waals surface area contributed by atoms with E-state index in [1.807, 2.05) is 6.07 Å². The molecular weight excluding hydrogens is 296 g/mol. The van der Waals surface area contributed by atoms with Gasteiger partial charge in [0.1, 0.15) is 11.4 Å². The molecule has 0 spiro atoms. The summed E-state index contributed by atoms with van der Waals surface area (Å²) < 4.78 is 5.98. The maximum Gasteiger partial charge on any atom is 0.122 e. The zero-order valence-electron chi connectivity index (χ0n) is 15.7. The Morgan fingerprint density at radius 2 is 1.96 bits per heavy atom. The summed E-state index contributed by atoms with van der Waals surface area (Å²) in [7, 11) is 0. The summed E-state index contributed by atoms with van der Waals surface area (Å²) in [5, 5.41) is 1.18. The quantitative estimate of drug-likeness (QED) is 0.815. The van der Waals surface area contributed by atoms with Crippen LogP contribution in [0.2, 0.25) is 0 Å². The lowest BCUT2D eigenvalue weighted by atomic mass is 10.0. The molecule has 1 saturated heterocycles. The van der Waals surface area contributed by atoms with Gasteiger partial charge in [-0.3, -0.25) is 4.98 Å². The molecule has 24 heavy (non-hydrogen) atoms. The Hall–Kier alpha value is -1.61. The van der Waals surface area contributed by atoms with Crippen molar-refractivity contribution in [3.63, 3.8) is 0 Å². The minimum absolute atomic E-state index is 0.185. The summed E-state index contributed by atoms with van der Waals surface area (Å²) in [6.07, 6.45) is 2.36. The molecular formula is C21H30N2O. The molecule has 1 aliphatic heterocycles. The van der Waals surface area contributed by atoms with Crippen LogP contribution in [-0.4, -0.2) is 34.6 Å². The molecule has 0 saturated carbocycles. The Morgan fingerprint density at radius 3 is 2.62 bits per heavy atom. The molecule has 1 fully saturated rings. The van der Waals surface area contributed by atoms with E-state index in [1.165, 1.54) is 30.6 Å². The average Bonchev–Trinajstić information content (AvgIpc) is 2.94. The first-order chi connectivity index (χ1) is 11.3. The number of pyridine rings is 1. The molecule has 1 aliphatic rings. The first-order valence-corrected chi connectivity index (χ1v) is 9.13. The van der Waals surface area contributed by atoms with E-state index < -0.39 is 0 Å². The number of hydrogen-bond acceptors (Lipinski definition) is 3. The summed E-state index contributed by atoms with van der Waals surface area (Å²) in [4.78, 5) is 7.47. The van der Waals surface area contributed by atoms with Crippen molar-refractivity contribution in [2.75, 3.05) is 13.1 Å². The average molecular weight is 326 g/mol. The largest absolute Gasteiger partial charge is 0.488 e. The van der Waals surface area contributed by atoms with Gasteiger partial charge in [0.05, 0.1) is 5.52 Å². The predicted molar refractivity (Wildman–Crippen MR) is 101 cm³/mol. The first kappa shape index (κ1) is 17.2. The van der Waals surface area contributed by atoms with Gasteiger partial charge in [-0.25, -0.2) is 0 Å². The van der Waals surface area contributed by atoms with Crippen LogP contribution >= 0.6 is 0 Å². The van der Waals surface area contributed by atoms with Crippen molar-refractivity contribution >= 4 is 10.9 Å². The van der Waals surface area contributed by atoms with Crippen molar-refractivity contribution in [3.8, 4) is 5.75 Å². The highest BCUT2D eigenvalue weighted by molar-refractivity contribution is 5.80. The van der Waals surface area contributed by atoms with Crippen LogP contribution in [0.1, 0.15) is 46.7 Å². The predicted octanol–water partition coefficient (Wildman–Crippen LogP) is 4.68. The molecule has 2 heterocycles. The number of likely N-dealkylation sites (tertiary alicyclic amines) is 1. The molecule has 1 aromatic heterocycles. The van der Waals surface area contributed by atoms with Crippen LogP contribution in [0.4, 0.5) is 0 Å². The smallest absolute Gasteiger partial charge is 0.122 e. The summed E-state index contributed by atoms with van der Waals surface area (Å²) in [5.74, 6) is 1.62. The molecule has 130 valence electrons. The monoisotopic (exact) mass is 326 g/mol. The van der Waals surface area contributed by atoms with E-state index in [2.05, 4.69) is 63.8 Å². The zero-order chi connectivity index (χ0) is 17.3. The lowest BCUT2D eigenvalue weighted by Gasteiger charge is -2.21. The highest BCUT2D eigenvalue weighted by Crippen LogP contribution is 2.25. The number of nitrogens with zero attached hydrogens (tertiary/aromatic N) is 2. The molecule has 1 unspecified atom stereocenters. The SMILES string of the molecule is CC(C)N1CCC(Cc2ccc3ccc(OC(C)(C)C)cc3n2)C1. The van der Waals surface area contributed by atoms with Crippen LogP contribution in [0.15, 0.2) is 30.3 Å². The molecule has 1 atom stereocenters. The Morgan fingerprint density at radius 1 is 1.21 bits per heavy atom. The maximum atomic E-state index is 5.98. The van der Waals surface area contributed by atoms with Crippen molar-refractivity contribution in [2.24, 2.45) is 5.92 Å². The standard InChI is InChI=1S/C21H30N2O/c1-15(2)23-11-10-16(14-23)12-18-8-6-17-7-9-19(13-20(17)22-18)24-21(3,4)5/h6-9,13,15-16H,10-12,14H2,1-5H3. The second-order valence-corrected chi connectivity index (χ2v) is 8.32. The van der Waals surface area contributed by atoms with Crippen LogP contribution in [0.25, 0.3) is 10.9 Å². The first-order valence-electron chi connectivity index (χ1n) is 9.13. The topological polar surface area (TPSA) is 25.4 Å². The molecule has 1 aromatic carbocycles. The van der Waals surface area contributed by atoms with E-state index in [9.17, 15) is 0 Å². The van der Waals surface area contributed by atoms with E-state index in [0.29, 0.717) is 6.04 Å². The van der Waals surface area contributed by atoms with Gasteiger partial charge in [0.25, 0.3) is 0 Å². The fourth-order valence-corrected chi connectivity index (χ4v) is 3.46. The van der Waals surface area contributed by atoms with Gasteiger partial charge in [-0.1, -0.05) is 6.07 Å². The molecule has 3 nitrogen and oxygen atoms in total. The Bertz CT molecular complexity index is 703. The number of fused-ring (bicyclic) bond motifs is 1. The molecule has 3 heteroatoms. The number of hydrogen-bond donors (Lipinski definition) is 0. The van der Waals surface area contributed by atoms with Crippen LogP contribution in [-0.2, 0) is 6.42 Å². The van der Waals surface area contributed by atoms with Gasteiger partial charge in [-0.05, 0) is 78.1 Å². The number of aromatic nitrogens is 1. The van der Waals surface area contributed by atoms with Crippen LogP contribution in [0.3, 0.4) is 0 Å². The number of ether oxygens (including phenoxy) is 1. The minimum Gasteiger partial charge on any atom is -0.488 e. The lowest BCUT2D eigenvalue weighted by Crippen LogP contribution is -2.28. The van der Waals surface area contributed by atoms with Gasteiger partial charge in [0.2, 0.25) is 0 Å². The summed E-state index contributed by atoms with van der Waals surface area (Å²) in [5.41, 5.74) is 2.05. The Labute approximate surface area is 146 Å². The number of benzene rings is 1. The van der Waals surface area contributed by atoms with Gasteiger partial charge in [0.15, 0.2) is 0 Å². The van der Waals surface area contributed by atoms with Gasteiger partial charge < -0.3 is 9.64 Å². The Balaban J connectivity index is 1.75. The summed E-state index contributed by atoms with van der Waals surface area (Å²) in [6.45, 7) is 13.2. The third-order valence-corrected chi connectivity index (χ3v) is 4.69. The molecule has 2 aromatic rings. The normalized spacial score (nSPS) is 19.3. The maximum absolute atomic E-state index is 5.98. The Kier molecular flexibility index (Phi) is 4.82. The molecule has 3 rings (SSSR count). The van der Waals surface area contributed by atoms with E-state index in [1.54, 1.807) is 0 Å².